The third kappa shape index (κ3) is 3.72. The van der Waals surface area contributed by atoms with Gasteiger partial charge >= 0.3 is 0 Å². The number of para-hydroxylation sites is 2. The minimum absolute atomic E-state index is 0.170. The van der Waals surface area contributed by atoms with Gasteiger partial charge in [0.25, 0.3) is 0 Å². The highest BCUT2D eigenvalue weighted by molar-refractivity contribution is 5.95. The van der Waals surface area contributed by atoms with Crippen LogP contribution in [0.25, 0.3) is 0 Å². The van der Waals surface area contributed by atoms with Gasteiger partial charge < -0.3 is 10.6 Å². The van der Waals surface area contributed by atoms with Gasteiger partial charge in [0.1, 0.15) is 0 Å². The van der Waals surface area contributed by atoms with Crippen LogP contribution in [0.3, 0.4) is 0 Å². The van der Waals surface area contributed by atoms with Crippen LogP contribution in [0.1, 0.15) is 44.9 Å². The van der Waals surface area contributed by atoms with Crippen molar-refractivity contribution in [2.24, 2.45) is 5.92 Å². The Morgan fingerprint density at radius 2 is 1.95 bits per heavy atom. The van der Waals surface area contributed by atoms with E-state index in [1.807, 2.05) is 31.3 Å². The van der Waals surface area contributed by atoms with Crippen LogP contribution in [-0.2, 0) is 4.79 Å². The number of nitrogen functional groups attached to an aromatic ring is 1. The molecule has 2 N–H and O–H groups in total. The van der Waals surface area contributed by atoms with E-state index in [1.54, 1.807) is 4.90 Å². The maximum Gasteiger partial charge on any atom is 0.226 e. The zero-order valence-corrected chi connectivity index (χ0v) is 11.8. The van der Waals surface area contributed by atoms with E-state index in [-0.39, 0.29) is 5.91 Å². The summed E-state index contributed by atoms with van der Waals surface area (Å²) >= 11 is 0. The van der Waals surface area contributed by atoms with Gasteiger partial charge in [0, 0.05) is 13.5 Å². The summed E-state index contributed by atoms with van der Waals surface area (Å²) in [6.07, 6.45) is 8.28. The van der Waals surface area contributed by atoms with Crippen LogP contribution >= 0.6 is 0 Å². The normalized spacial score (nSPS) is 16.3. The number of hydrogen-bond acceptors (Lipinski definition) is 2. The first kappa shape index (κ1) is 13.9. The van der Waals surface area contributed by atoms with E-state index in [9.17, 15) is 4.79 Å². The smallest absolute Gasteiger partial charge is 0.226 e. The molecule has 19 heavy (non-hydrogen) atoms. The molecule has 3 nitrogen and oxygen atoms in total. The Kier molecular flexibility index (Phi) is 4.83. The summed E-state index contributed by atoms with van der Waals surface area (Å²) in [5, 5.41) is 0. The van der Waals surface area contributed by atoms with Crippen LogP contribution < -0.4 is 10.6 Å². The van der Waals surface area contributed by atoms with Crippen molar-refractivity contribution in [1.82, 2.24) is 0 Å². The number of hydrogen-bond donors (Lipinski definition) is 1. The first-order chi connectivity index (χ1) is 9.18. The molecular formula is C16H24N2O. The molecule has 0 heterocycles. The van der Waals surface area contributed by atoms with E-state index in [0.29, 0.717) is 12.1 Å². The van der Waals surface area contributed by atoms with Crippen molar-refractivity contribution < 1.29 is 4.79 Å². The van der Waals surface area contributed by atoms with E-state index < -0.39 is 0 Å². The van der Waals surface area contributed by atoms with Crippen molar-refractivity contribution in [2.45, 2.75) is 44.9 Å². The zero-order chi connectivity index (χ0) is 13.7. The first-order valence-corrected chi connectivity index (χ1v) is 7.29. The average molecular weight is 260 g/mol. The SMILES string of the molecule is CN(C(=O)CCC1CCCCC1)c1ccccc1N. The fraction of sp³-hybridized carbons (Fsp3) is 0.562. The molecule has 104 valence electrons. The Bertz CT molecular complexity index is 425. The predicted octanol–water partition coefficient (Wildman–Crippen LogP) is 3.59. The number of nitrogens with zero attached hydrogens (tertiary/aromatic N) is 1. The predicted molar refractivity (Wildman–Crippen MR) is 80.1 cm³/mol. The standard InChI is InChI=1S/C16H24N2O/c1-18(15-10-6-5-9-14(15)17)16(19)12-11-13-7-3-2-4-8-13/h5-6,9-10,13H,2-4,7-8,11-12,17H2,1H3. The molecule has 1 aromatic rings. The maximum absolute atomic E-state index is 12.2. The average Bonchev–Trinajstić information content (AvgIpc) is 2.45. The van der Waals surface area contributed by atoms with Gasteiger partial charge in [-0.15, -0.1) is 0 Å². The highest BCUT2D eigenvalue weighted by Gasteiger charge is 2.17. The molecule has 0 aliphatic heterocycles. The summed E-state index contributed by atoms with van der Waals surface area (Å²) in [4.78, 5) is 13.9. The Morgan fingerprint density at radius 1 is 1.26 bits per heavy atom. The summed E-state index contributed by atoms with van der Waals surface area (Å²) in [5.41, 5.74) is 7.38. The molecule has 3 heteroatoms. The summed E-state index contributed by atoms with van der Waals surface area (Å²) in [6, 6.07) is 7.53. The number of amides is 1. The molecule has 1 amide bonds. The van der Waals surface area contributed by atoms with Crippen molar-refractivity contribution in [2.75, 3.05) is 17.7 Å². The van der Waals surface area contributed by atoms with Gasteiger partial charge in [-0.05, 0) is 24.5 Å². The van der Waals surface area contributed by atoms with Gasteiger partial charge in [0.15, 0.2) is 0 Å². The quantitative estimate of drug-likeness (QED) is 0.841. The van der Waals surface area contributed by atoms with Gasteiger partial charge in [0.05, 0.1) is 11.4 Å². The van der Waals surface area contributed by atoms with Gasteiger partial charge in [-0.3, -0.25) is 4.79 Å². The van der Waals surface area contributed by atoms with Crippen molar-refractivity contribution in [3.8, 4) is 0 Å². The van der Waals surface area contributed by atoms with E-state index in [4.69, 9.17) is 5.73 Å². The summed E-state index contributed by atoms with van der Waals surface area (Å²) < 4.78 is 0. The number of rotatable bonds is 4. The lowest BCUT2D eigenvalue weighted by Gasteiger charge is -2.23. The Morgan fingerprint density at radius 3 is 2.63 bits per heavy atom. The third-order valence-corrected chi connectivity index (χ3v) is 4.16. The summed E-state index contributed by atoms with van der Waals surface area (Å²) in [7, 11) is 1.81. The highest BCUT2D eigenvalue weighted by Crippen LogP contribution is 2.28. The molecule has 1 saturated carbocycles. The second-order valence-corrected chi connectivity index (χ2v) is 5.55. The fourth-order valence-electron chi connectivity index (χ4n) is 2.90. The van der Waals surface area contributed by atoms with Crippen molar-refractivity contribution in [3.05, 3.63) is 24.3 Å². The molecule has 1 aliphatic carbocycles. The fourth-order valence-corrected chi connectivity index (χ4v) is 2.90. The second kappa shape index (κ2) is 6.60. The van der Waals surface area contributed by atoms with Gasteiger partial charge in [-0.25, -0.2) is 0 Å². The molecule has 0 radical (unpaired) electrons. The van der Waals surface area contributed by atoms with Gasteiger partial charge in [-0.1, -0.05) is 44.2 Å². The lowest BCUT2D eigenvalue weighted by Crippen LogP contribution is -2.27. The van der Waals surface area contributed by atoms with Gasteiger partial charge in [-0.2, -0.15) is 0 Å². The van der Waals surface area contributed by atoms with E-state index >= 15 is 0 Å². The molecule has 1 aromatic carbocycles. The first-order valence-electron chi connectivity index (χ1n) is 7.29. The number of anilines is 2. The molecule has 1 fully saturated rings. The Balaban J connectivity index is 1.87. The van der Waals surface area contributed by atoms with Crippen LogP contribution in [0.4, 0.5) is 11.4 Å². The molecular weight excluding hydrogens is 236 g/mol. The van der Waals surface area contributed by atoms with Crippen LogP contribution in [0, 0.1) is 5.92 Å². The maximum atomic E-state index is 12.2. The second-order valence-electron chi connectivity index (χ2n) is 5.55. The van der Waals surface area contributed by atoms with Crippen molar-refractivity contribution in [3.63, 3.8) is 0 Å². The summed E-state index contributed by atoms with van der Waals surface area (Å²) in [6.45, 7) is 0. The van der Waals surface area contributed by atoms with Crippen LogP contribution in [0.5, 0.6) is 0 Å². The molecule has 0 unspecified atom stereocenters. The van der Waals surface area contributed by atoms with E-state index in [2.05, 4.69) is 0 Å². The van der Waals surface area contributed by atoms with E-state index in [1.165, 1.54) is 32.1 Å². The monoisotopic (exact) mass is 260 g/mol. The molecule has 2 rings (SSSR count). The Hall–Kier alpha value is -1.51. The molecule has 1 aliphatic rings. The van der Waals surface area contributed by atoms with Crippen molar-refractivity contribution >= 4 is 17.3 Å². The highest BCUT2D eigenvalue weighted by atomic mass is 16.2. The molecule has 0 aromatic heterocycles. The number of nitrogens with two attached hydrogens (primary N) is 1. The minimum atomic E-state index is 0.170. The molecule has 0 bridgehead atoms. The van der Waals surface area contributed by atoms with Crippen LogP contribution in [0.2, 0.25) is 0 Å². The Labute approximate surface area is 115 Å². The lowest BCUT2D eigenvalue weighted by atomic mass is 9.86. The van der Waals surface area contributed by atoms with E-state index in [0.717, 1.165) is 18.0 Å². The zero-order valence-electron chi connectivity index (χ0n) is 11.8. The van der Waals surface area contributed by atoms with Crippen LogP contribution in [0.15, 0.2) is 24.3 Å². The summed E-state index contributed by atoms with van der Waals surface area (Å²) in [5.74, 6) is 0.919. The number of carbonyl (C=O) groups excluding carboxylic acids is 1. The number of benzene rings is 1. The lowest BCUT2D eigenvalue weighted by molar-refractivity contribution is -0.118. The largest absolute Gasteiger partial charge is 0.397 e. The molecule has 0 atom stereocenters. The topological polar surface area (TPSA) is 46.3 Å². The van der Waals surface area contributed by atoms with Gasteiger partial charge in [0.2, 0.25) is 5.91 Å². The minimum Gasteiger partial charge on any atom is -0.397 e. The van der Waals surface area contributed by atoms with Crippen LogP contribution in [-0.4, -0.2) is 13.0 Å². The molecule has 0 spiro atoms. The number of carbonyl (C=O) groups is 1. The molecule has 0 saturated heterocycles. The third-order valence-electron chi connectivity index (χ3n) is 4.16. The van der Waals surface area contributed by atoms with Crippen molar-refractivity contribution in [1.29, 1.82) is 0 Å².